The quantitative estimate of drug-likeness (QED) is 0.628. The molecule has 0 radical (unpaired) electrons. The molecule has 0 aliphatic carbocycles. The Labute approximate surface area is 198 Å². The molecule has 3 aromatic rings. The van der Waals surface area contributed by atoms with E-state index in [9.17, 15) is 0 Å². The first kappa shape index (κ1) is 20.9. The van der Waals surface area contributed by atoms with Gasteiger partial charge in [0.25, 0.3) is 0 Å². The zero-order valence-corrected chi connectivity index (χ0v) is 19.7. The molecule has 6 rings (SSSR count). The molecule has 1 fully saturated rings. The Kier molecular flexibility index (Phi) is 4.88. The Balaban J connectivity index is 1.29. The number of aryl methyl sites for hydroxylation is 3. The molecule has 0 aromatic carbocycles. The average molecular weight is 457 g/mol. The molecule has 1 N–H and O–H groups in total. The van der Waals surface area contributed by atoms with Crippen LogP contribution in [0.4, 0.5) is 11.8 Å². The predicted molar refractivity (Wildman–Crippen MR) is 129 cm³/mol. The van der Waals surface area contributed by atoms with E-state index < -0.39 is 0 Å². The summed E-state index contributed by atoms with van der Waals surface area (Å²) >= 11 is 0. The van der Waals surface area contributed by atoms with Gasteiger partial charge in [0.15, 0.2) is 0 Å². The lowest BCUT2D eigenvalue weighted by Crippen LogP contribution is -2.67. The maximum atomic E-state index is 5.69. The first-order valence-electron chi connectivity index (χ1n) is 11.5. The van der Waals surface area contributed by atoms with Gasteiger partial charge in [-0.3, -0.25) is 9.67 Å². The van der Waals surface area contributed by atoms with Gasteiger partial charge in [0.1, 0.15) is 11.4 Å². The van der Waals surface area contributed by atoms with Crippen molar-refractivity contribution in [2.24, 2.45) is 7.05 Å². The number of nitrogens with zero attached hydrogens (tertiary/aromatic N) is 7. The number of ether oxygens (including phenoxy) is 1. The molecule has 3 aromatic heterocycles. The fourth-order valence-corrected chi connectivity index (χ4v) is 4.87. The van der Waals surface area contributed by atoms with Crippen LogP contribution < -0.4 is 5.32 Å². The summed E-state index contributed by atoms with van der Waals surface area (Å²) in [5.41, 5.74) is 6.55. The lowest BCUT2D eigenvalue weighted by atomic mass is 9.92. The lowest BCUT2D eigenvalue weighted by molar-refractivity contribution is -0.142. The summed E-state index contributed by atoms with van der Waals surface area (Å²) in [6, 6.07) is 8.12. The average Bonchev–Trinajstić information content (AvgIpc) is 3.38. The highest BCUT2D eigenvalue weighted by molar-refractivity contribution is 5.73. The molecule has 9 heteroatoms. The molecule has 0 unspecified atom stereocenters. The van der Waals surface area contributed by atoms with E-state index in [-0.39, 0.29) is 5.54 Å². The summed E-state index contributed by atoms with van der Waals surface area (Å²) in [6.45, 7) is 8.10. The number of aromatic nitrogens is 5. The topological polar surface area (TPSA) is 84.2 Å². The molecule has 0 bridgehead atoms. The smallest absolute Gasteiger partial charge is 0.228 e. The van der Waals surface area contributed by atoms with E-state index in [0.29, 0.717) is 5.95 Å². The molecule has 0 amide bonds. The third kappa shape index (κ3) is 3.62. The zero-order valence-electron chi connectivity index (χ0n) is 19.7. The molecule has 3 aliphatic heterocycles. The molecule has 9 nitrogen and oxygen atoms in total. The maximum Gasteiger partial charge on any atom is 0.228 e. The molecule has 3 aliphatic rings. The first-order valence-corrected chi connectivity index (χ1v) is 11.5. The summed E-state index contributed by atoms with van der Waals surface area (Å²) < 4.78 is 7.46. The molecule has 1 spiro atoms. The Morgan fingerprint density at radius 2 is 2.03 bits per heavy atom. The SMILES string of the molecule is Cc1cccc(CN2C=C3C=C(c4nc(Nc5ccnn5C)ncc4C)CN3CC23COC3)n1. The van der Waals surface area contributed by atoms with Crippen LogP contribution in [0.25, 0.3) is 5.57 Å². The number of pyridine rings is 1. The number of hydrogen-bond donors (Lipinski definition) is 1. The third-order valence-corrected chi connectivity index (χ3v) is 6.79. The largest absolute Gasteiger partial charge is 0.376 e. The highest BCUT2D eigenvalue weighted by Gasteiger charge is 2.48. The number of rotatable bonds is 5. The Morgan fingerprint density at radius 1 is 1.15 bits per heavy atom. The number of fused-ring (bicyclic) bond motifs is 1. The van der Waals surface area contributed by atoms with Crippen molar-refractivity contribution in [2.75, 3.05) is 31.6 Å². The van der Waals surface area contributed by atoms with Gasteiger partial charge in [-0.15, -0.1) is 0 Å². The van der Waals surface area contributed by atoms with Gasteiger partial charge < -0.3 is 19.9 Å². The predicted octanol–water partition coefficient (Wildman–Crippen LogP) is 2.79. The summed E-state index contributed by atoms with van der Waals surface area (Å²) in [7, 11) is 1.89. The standard InChI is InChI=1S/C25H28N8O/c1-17-10-26-24(29-22-7-8-27-31(22)3)30-23(17)19-9-21-13-33(12-20-6-4-5-18(2)28-20)25(15-34-16-25)14-32(21)11-19/h4-10,13H,11-12,14-16H2,1-3H3,(H,26,29,30). The molecule has 0 atom stereocenters. The summed E-state index contributed by atoms with van der Waals surface area (Å²) in [6.07, 6.45) is 8.16. The minimum atomic E-state index is -0.00875. The minimum Gasteiger partial charge on any atom is -0.376 e. The molecule has 0 saturated carbocycles. The van der Waals surface area contributed by atoms with E-state index in [1.165, 1.54) is 11.3 Å². The molecule has 34 heavy (non-hydrogen) atoms. The molecule has 6 heterocycles. The molecular formula is C25H28N8O. The van der Waals surface area contributed by atoms with Crippen LogP contribution >= 0.6 is 0 Å². The van der Waals surface area contributed by atoms with E-state index in [2.05, 4.69) is 56.5 Å². The maximum absolute atomic E-state index is 5.69. The van der Waals surface area contributed by atoms with Crippen LogP contribution in [0.1, 0.15) is 22.6 Å². The van der Waals surface area contributed by atoms with Crippen LogP contribution in [0.15, 0.2) is 54.6 Å². The van der Waals surface area contributed by atoms with Crippen molar-refractivity contribution in [2.45, 2.75) is 25.9 Å². The van der Waals surface area contributed by atoms with Crippen LogP contribution in [0.3, 0.4) is 0 Å². The van der Waals surface area contributed by atoms with Crippen molar-refractivity contribution in [3.63, 3.8) is 0 Å². The number of nitrogens with one attached hydrogen (secondary N) is 1. The second kappa shape index (κ2) is 7.95. The van der Waals surface area contributed by atoms with Crippen molar-refractivity contribution in [1.29, 1.82) is 0 Å². The van der Waals surface area contributed by atoms with Gasteiger partial charge in [0.05, 0.1) is 43.0 Å². The van der Waals surface area contributed by atoms with Crippen LogP contribution in [-0.4, -0.2) is 66.4 Å². The van der Waals surface area contributed by atoms with Crippen molar-refractivity contribution in [3.8, 4) is 0 Å². The van der Waals surface area contributed by atoms with Crippen molar-refractivity contribution >= 4 is 17.3 Å². The second-order valence-electron chi connectivity index (χ2n) is 9.39. The number of allylic oxidation sites excluding steroid dienone is 1. The highest BCUT2D eigenvalue weighted by atomic mass is 16.5. The fraction of sp³-hybridized carbons (Fsp3) is 0.360. The Bertz CT molecular complexity index is 1310. The van der Waals surface area contributed by atoms with Crippen LogP contribution in [0, 0.1) is 13.8 Å². The van der Waals surface area contributed by atoms with Crippen molar-refractivity contribution in [3.05, 3.63) is 77.3 Å². The van der Waals surface area contributed by atoms with Gasteiger partial charge in [0, 0.05) is 44.3 Å². The Morgan fingerprint density at radius 3 is 2.76 bits per heavy atom. The van der Waals surface area contributed by atoms with E-state index in [1.54, 1.807) is 10.9 Å². The van der Waals surface area contributed by atoms with Gasteiger partial charge in [-0.05, 0) is 43.2 Å². The van der Waals surface area contributed by atoms with E-state index in [1.807, 2.05) is 32.3 Å². The van der Waals surface area contributed by atoms with E-state index in [0.717, 1.165) is 61.3 Å². The van der Waals surface area contributed by atoms with Gasteiger partial charge >= 0.3 is 0 Å². The molecule has 1 saturated heterocycles. The fourth-order valence-electron chi connectivity index (χ4n) is 4.87. The highest BCUT2D eigenvalue weighted by Crippen LogP contribution is 2.39. The van der Waals surface area contributed by atoms with Gasteiger partial charge in [-0.1, -0.05) is 6.07 Å². The second-order valence-corrected chi connectivity index (χ2v) is 9.39. The van der Waals surface area contributed by atoms with E-state index in [4.69, 9.17) is 14.7 Å². The van der Waals surface area contributed by atoms with Crippen LogP contribution in [0.2, 0.25) is 0 Å². The van der Waals surface area contributed by atoms with Crippen molar-refractivity contribution in [1.82, 2.24) is 34.5 Å². The normalized spacial score (nSPS) is 18.4. The van der Waals surface area contributed by atoms with Gasteiger partial charge in [-0.25, -0.2) is 9.97 Å². The monoisotopic (exact) mass is 456 g/mol. The third-order valence-electron chi connectivity index (χ3n) is 6.79. The van der Waals surface area contributed by atoms with Crippen LogP contribution in [-0.2, 0) is 18.3 Å². The minimum absolute atomic E-state index is 0.00875. The summed E-state index contributed by atoms with van der Waals surface area (Å²) in [4.78, 5) is 18.9. The molecule has 174 valence electrons. The first-order chi connectivity index (χ1) is 16.5. The number of hydrogen-bond acceptors (Lipinski definition) is 8. The summed E-state index contributed by atoms with van der Waals surface area (Å²) in [5, 5.41) is 7.47. The Hall–Kier alpha value is -3.72. The lowest BCUT2D eigenvalue weighted by Gasteiger charge is -2.54. The van der Waals surface area contributed by atoms with Crippen molar-refractivity contribution < 1.29 is 4.74 Å². The molecular weight excluding hydrogens is 428 g/mol. The van der Waals surface area contributed by atoms with Crippen LogP contribution in [0.5, 0.6) is 0 Å². The van der Waals surface area contributed by atoms with Gasteiger partial charge in [0.2, 0.25) is 5.95 Å². The zero-order chi connectivity index (χ0) is 23.3. The number of anilines is 2. The van der Waals surface area contributed by atoms with E-state index >= 15 is 0 Å². The van der Waals surface area contributed by atoms with Gasteiger partial charge in [-0.2, -0.15) is 5.10 Å². The summed E-state index contributed by atoms with van der Waals surface area (Å²) in [5.74, 6) is 1.42.